The van der Waals surface area contributed by atoms with Crippen molar-refractivity contribution in [1.29, 1.82) is 0 Å². The van der Waals surface area contributed by atoms with Crippen LogP contribution in [-0.2, 0) is 7.05 Å². The molecule has 0 aliphatic carbocycles. The second kappa shape index (κ2) is 3.93. The predicted octanol–water partition coefficient (Wildman–Crippen LogP) is 0.704. The Kier molecular flexibility index (Phi) is 2.89. The predicted molar refractivity (Wildman–Crippen MR) is 48.5 cm³/mol. The molecule has 0 saturated heterocycles. The lowest BCUT2D eigenvalue weighted by Crippen LogP contribution is -2.18. The van der Waals surface area contributed by atoms with E-state index in [2.05, 4.69) is 16.3 Å². The Bertz CT molecular complexity index is 282. The van der Waals surface area contributed by atoms with E-state index in [1.165, 1.54) is 0 Å². The van der Waals surface area contributed by atoms with Crippen molar-refractivity contribution < 1.29 is 0 Å². The Labute approximate surface area is 72.8 Å². The fraction of sp³-hybridized carbons (Fsp3) is 0.444. The Morgan fingerprint density at radius 2 is 2.58 bits per heavy atom. The van der Waals surface area contributed by atoms with Gasteiger partial charge in [-0.25, -0.2) is 0 Å². The fourth-order valence-electron chi connectivity index (χ4n) is 1.20. The molecule has 1 N–H and O–H groups in total. The minimum absolute atomic E-state index is 0.211. The first-order chi connectivity index (χ1) is 5.79. The summed E-state index contributed by atoms with van der Waals surface area (Å²) < 4.78 is 1.83. The van der Waals surface area contributed by atoms with Crippen LogP contribution in [0.4, 0.5) is 0 Å². The Morgan fingerprint density at radius 3 is 3.00 bits per heavy atom. The number of nitrogens with zero attached hydrogens (tertiary/aromatic N) is 2. The van der Waals surface area contributed by atoms with Crippen LogP contribution in [0.25, 0.3) is 0 Å². The van der Waals surface area contributed by atoms with Crippen LogP contribution in [-0.4, -0.2) is 16.8 Å². The fourth-order valence-corrected chi connectivity index (χ4v) is 1.20. The molecule has 0 aliphatic rings. The van der Waals surface area contributed by atoms with Crippen LogP contribution >= 0.6 is 0 Å². The van der Waals surface area contributed by atoms with Crippen molar-refractivity contribution in [2.24, 2.45) is 7.05 Å². The monoisotopic (exact) mass is 163 g/mol. The first kappa shape index (κ1) is 8.82. The first-order valence-corrected chi connectivity index (χ1v) is 3.88. The number of hydrogen-bond donors (Lipinski definition) is 1. The smallest absolute Gasteiger partial charge is 0.0600 e. The van der Waals surface area contributed by atoms with E-state index in [-0.39, 0.29) is 6.04 Å². The lowest BCUT2D eigenvalue weighted by molar-refractivity contribution is 0.551. The number of nitrogens with one attached hydrogen (secondary N) is 1. The lowest BCUT2D eigenvalue weighted by atomic mass is 10.1. The highest BCUT2D eigenvalue weighted by atomic mass is 15.3. The molecule has 12 heavy (non-hydrogen) atoms. The topological polar surface area (TPSA) is 29.9 Å². The Hall–Kier alpha value is -1.27. The van der Waals surface area contributed by atoms with Gasteiger partial charge in [-0.3, -0.25) is 4.68 Å². The van der Waals surface area contributed by atoms with E-state index in [1.807, 2.05) is 24.8 Å². The highest BCUT2D eigenvalue weighted by Crippen LogP contribution is 2.13. The van der Waals surface area contributed by atoms with Crippen molar-refractivity contribution in [3.05, 3.63) is 18.0 Å². The summed E-state index contributed by atoms with van der Waals surface area (Å²) in [5.41, 5.74) is 1.12. The number of rotatable bonds is 3. The molecule has 0 aromatic carbocycles. The highest BCUT2D eigenvalue weighted by molar-refractivity contribution is 5.09. The van der Waals surface area contributed by atoms with E-state index >= 15 is 0 Å². The standard InChI is InChI=1S/C9H13N3/c1-4-5-8(10-2)9-6-7-11-12(9)3/h1,6-8,10H,5H2,2-3H3. The zero-order valence-corrected chi connectivity index (χ0v) is 7.41. The second-order valence-corrected chi connectivity index (χ2v) is 2.63. The maximum absolute atomic E-state index is 5.24. The van der Waals surface area contributed by atoms with Crippen LogP contribution in [0, 0.1) is 12.3 Å². The molecule has 1 aromatic heterocycles. The summed E-state index contributed by atoms with van der Waals surface area (Å²) in [6.07, 6.45) is 7.71. The summed E-state index contributed by atoms with van der Waals surface area (Å²) in [4.78, 5) is 0. The molecule has 64 valence electrons. The molecule has 0 fully saturated rings. The molecule has 1 heterocycles. The van der Waals surface area contributed by atoms with Crippen LogP contribution < -0.4 is 5.32 Å². The zero-order chi connectivity index (χ0) is 8.97. The van der Waals surface area contributed by atoms with Crippen molar-refractivity contribution >= 4 is 0 Å². The minimum atomic E-state index is 0.211. The van der Waals surface area contributed by atoms with Crippen LogP contribution in [0.1, 0.15) is 18.2 Å². The molecule has 0 radical (unpaired) electrons. The molecule has 1 aromatic rings. The van der Waals surface area contributed by atoms with Crippen molar-refractivity contribution in [3.8, 4) is 12.3 Å². The third-order valence-electron chi connectivity index (χ3n) is 1.89. The number of aromatic nitrogens is 2. The maximum Gasteiger partial charge on any atom is 0.0600 e. The Morgan fingerprint density at radius 1 is 1.83 bits per heavy atom. The van der Waals surface area contributed by atoms with E-state index in [0.717, 1.165) is 5.69 Å². The van der Waals surface area contributed by atoms with Gasteiger partial charge in [0.25, 0.3) is 0 Å². The van der Waals surface area contributed by atoms with Gasteiger partial charge in [0, 0.05) is 19.7 Å². The van der Waals surface area contributed by atoms with Gasteiger partial charge in [-0.1, -0.05) is 0 Å². The van der Waals surface area contributed by atoms with E-state index in [0.29, 0.717) is 6.42 Å². The van der Waals surface area contributed by atoms with Gasteiger partial charge in [0.1, 0.15) is 0 Å². The van der Waals surface area contributed by atoms with Crippen LogP contribution in [0.15, 0.2) is 12.3 Å². The molecule has 0 spiro atoms. The van der Waals surface area contributed by atoms with Gasteiger partial charge in [0.15, 0.2) is 0 Å². The minimum Gasteiger partial charge on any atom is -0.311 e. The van der Waals surface area contributed by atoms with Gasteiger partial charge in [0.05, 0.1) is 11.7 Å². The SMILES string of the molecule is C#CCC(NC)c1ccnn1C. The summed E-state index contributed by atoms with van der Waals surface area (Å²) in [7, 11) is 3.81. The molecule has 0 bridgehead atoms. The van der Waals surface area contributed by atoms with Crippen LogP contribution in [0.5, 0.6) is 0 Å². The summed E-state index contributed by atoms with van der Waals surface area (Å²) >= 11 is 0. The van der Waals surface area contributed by atoms with Gasteiger partial charge in [-0.05, 0) is 13.1 Å². The number of terminal acetylenes is 1. The van der Waals surface area contributed by atoms with Gasteiger partial charge in [-0.2, -0.15) is 5.10 Å². The number of hydrogen-bond acceptors (Lipinski definition) is 2. The third-order valence-corrected chi connectivity index (χ3v) is 1.89. The third kappa shape index (κ3) is 1.66. The zero-order valence-electron chi connectivity index (χ0n) is 7.41. The lowest BCUT2D eigenvalue weighted by Gasteiger charge is -2.12. The van der Waals surface area contributed by atoms with Gasteiger partial charge in [0.2, 0.25) is 0 Å². The first-order valence-electron chi connectivity index (χ1n) is 3.88. The molecule has 0 amide bonds. The van der Waals surface area contributed by atoms with Crippen LogP contribution in [0.2, 0.25) is 0 Å². The molecular weight excluding hydrogens is 150 g/mol. The van der Waals surface area contributed by atoms with E-state index in [1.54, 1.807) is 6.20 Å². The van der Waals surface area contributed by atoms with E-state index in [9.17, 15) is 0 Å². The van der Waals surface area contributed by atoms with Crippen molar-refractivity contribution in [2.75, 3.05) is 7.05 Å². The summed E-state index contributed by atoms with van der Waals surface area (Å²) in [6.45, 7) is 0. The molecule has 0 saturated carbocycles. The normalized spacial score (nSPS) is 12.4. The van der Waals surface area contributed by atoms with Crippen molar-refractivity contribution in [1.82, 2.24) is 15.1 Å². The average molecular weight is 163 g/mol. The molecular formula is C9H13N3. The summed E-state index contributed by atoms with van der Waals surface area (Å²) in [5.74, 6) is 2.63. The van der Waals surface area contributed by atoms with Gasteiger partial charge < -0.3 is 5.32 Å². The molecule has 0 aliphatic heterocycles. The molecule has 1 rings (SSSR count). The summed E-state index contributed by atoms with van der Waals surface area (Å²) in [5, 5.41) is 7.22. The van der Waals surface area contributed by atoms with Crippen molar-refractivity contribution in [2.45, 2.75) is 12.5 Å². The quantitative estimate of drug-likeness (QED) is 0.665. The largest absolute Gasteiger partial charge is 0.311 e. The highest BCUT2D eigenvalue weighted by Gasteiger charge is 2.10. The average Bonchev–Trinajstić information content (AvgIpc) is 2.47. The Balaban J connectivity index is 2.81. The molecule has 3 nitrogen and oxygen atoms in total. The molecule has 1 unspecified atom stereocenters. The van der Waals surface area contributed by atoms with Crippen LogP contribution in [0.3, 0.4) is 0 Å². The molecule has 1 atom stereocenters. The van der Waals surface area contributed by atoms with E-state index < -0.39 is 0 Å². The van der Waals surface area contributed by atoms with Gasteiger partial charge in [-0.15, -0.1) is 12.3 Å². The number of aryl methyl sites for hydroxylation is 1. The van der Waals surface area contributed by atoms with E-state index in [4.69, 9.17) is 6.42 Å². The molecule has 3 heteroatoms. The van der Waals surface area contributed by atoms with Gasteiger partial charge >= 0.3 is 0 Å². The second-order valence-electron chi connectivity index (χ2n) is 2.63. The summed E-state index contributed by atoms with van der Waals surface area (Å²) in [6, 6.07) is 2.18. The van der Waals surface area contributed by atoms with Crippen molar-refractivity contribution in [3.63, 3.8) is 0 Å². The maximum atomic E-state index is 5.24.